The van der Waals surface area contributed by atoms with E-state index < -0.39 is 83.6 Å². The summed E-state index contributed by atoms with van der Waals surface area (Å²) in [6, 6.07) is 9.05. The summed E-state index contributed by atoms with van der Waals surface area (Å²) in [5.74, 6) is -1.71. The summed E-state index contributed by atoms with van der Waals surface area (Å²) < 4.78 is 40.2. The van der Waals surface area contributed by atoms with Crippen LogP contribution < -0.4 is 11.5 Å². The van der Waals surface area contributed by atoms with Crippen molar-refractivity contribution in [1.29, 1.82) is 0 Å². The Morgan fingerprint density at radius 2 is 1.76 bits per heavy atom. The van der Waals surface area contributed by atoms with E-state index in [0.29, 0.717) is 63.7 Å². The minimum Gasteiger partial charge on any atom is -0.459 e. The van der Waals surface area contributed by atoms with Gasteiger partial charge in [0.2, 0.25) is 0 Å². The summed E-state index contributed by atoms with van der Waals surface area (Å²) in [5.41, 5.74) is 11.5. The first-order valence-corrected chi connectivity index (χ1v) is 26.6. The number of carbonyl (C=O) groups excluding carboxylic acids is 1. The number of fused-ring (bicyclic) bond motifs is 15. The molecule has 6 N–H and O–H groups in total. The number of nitrogens with two attached hydrogens (primary N) is 2. The number of methoxy groups -OCH3 is 1. The molecule has 7 rings (SSSR count). The van der Waals surface area contributed by atoms with Gasteiger partial charge >= 0.3 is 5.97 Å². The van der Waals surface area contributed by atoms with Crippen LogP contribution in [-0.4, -0.2) is 150 Å². The highest BCUT2D eigenvalue weighted by molar-refractivity contribution is 7.15. The molecule has 16 nitrogen and oxygen atoms in total. The number of thiophene rings is 1. The first kappa shape index (κ1) is 56.5. The molecule has 7 heterocycles. The Morgan fingerprint density at radius 1 is 1.03 bits per heavy atom. The molecular formula is C53H88N6O10S. The molecule has 0 unspecified atom stereocenters. The first-order chi connectivity index (χ1) is 32.9. The van der Waals surface area contributed by atoms with Gasteiger partial charge in [0.15, 0.2) is 19.2 Å². The van der Waals surface area contributed by atoms with Gasteiger partial charge in [-0.1, -0.05) is 38.9 Å². The number of anilines is 1. The number of aromatic nitrogens is 1. The molecule has 396 valence electrons. The quantitative estimate of drug-likeness (QED) is 0.129. The van der Waals surface area contributed by atoms with E-state index in [1.165, 1.54) is 0 Å². The molecule has 18 atom stereocenters. The number of oxime groups is 1. The van der Waals surface area contributed by atoms with E-state index in [0.717, 1.165) is 21.2 Å². The fourth-order valence-electron chi connectivity index (χ4n) is 12.1. The van der Waals surface area contributed by atoms with Gasteiger partial charge in [-0.15, -0.1) is 11.3 Å². The van der Waals surface area contributed by atoms with Crippen LogP contribution in [0.15, 0.2) is 35.5 Å². The molecular weight excluding hydrogens is 913 g/mol. The largest absolute Gasteiger partial charge is 0.459 e. The Kier molecular flexibility index (Phi) is 19.0. The van der Waals surface area contributed by atoms with Gasteiger partial charge in [-0.2, -0.15) is 0 Å². The average Bonchev–Trinajstić information content (AvgIpc) is 3.78. The lowest BCUT2D eigenvalue weighted by molar-refractivity contribution is -0.305. The lowest BCUT2D eigenvalue weighted by atomic mass is 9.67. The van der Waals surface area contributed by atoms with E-state index in [4.69, 9.17) is 49.9 Å². The number of nitrogen functional groups attached to an aromatic ring is 1. The summed E-state index contributed by atoms with van der Waals surface area (Å²) in [7, 11) is 7.73. The summed E-state index contributed by atoms with van der Waals surface area (Å²) in [6.07, 6.45) is -1.45. The molecule has 5 aliphatic rings. The average molecular weight is 1000 g/mol. The molecule has 2 bridgehead atoms. The van der Waals surface area contributed by atoms with Gasteiger partial charge in [0.25, 0.3) is 0 Å². The number of aliphatic hydroxyl groups is 2. The Balaban J connectivity index is 1.48. The maximum atomic E-state index is 14.9. The van der Waals surface area contributed by atoms with E-state index in [1.54, 1.807) is 24.5 Å². The number of pyridine rings is 1. The summed E-state index contributed by atoms with van der Waals surface area (Å²) in [4.78, 5) is 32.1. The second-order valence-corrected chi connectivity index (χ2v) is 23.5. The highest BCUT2D eigenvalue weighted by Gasteiger charge is 2.53. The van der Waals surface area contributed by atoms with Gasteiger partial charge in [-0.3, -0.25) is 4.79 Å². The molecule has 5 fully saturated rings. The van der Waals surface area contributed by atoms with Gasteiger partial charge in [0, 0.05) is 43.0 Å². The zero-order valence-electron chi connectivity index (χ0n) is 44.6. The number of hydrogen-bond acceptors (Lipinski definition) is 17. The van der Waals surface area contributed by atoms with Crippen LogP contribution in [0.3, 0.4) is 0 Å². The lowest BCUT2D eigenvalue weighted by Gasteiger charge is -2.50. The zero-order chi connectivity index (χ0) is 51.5. The molecule has 0 saturated carbocycles. The molecule has 5 aliphatic heterocycles. The van der Waals surface area contributed by atoms with Crippen molar-refractivity contribution in [3.05, 3.63) is 35.2 Å². The number of hydrogen-bond donors (Lipinski definition) is 4. The standard InChI is InChI=1S/C53H88N6O10S/c1-15-42-53(10,62)38-21-19-36(57-64-29-37-20-22-41(70-37)39-17-16-18-43(54)56-39)23-24-51(8,26-31(3)59(13)28-30(38)2)48(69-50-45(60)40(58(11)12)25-32(4)65-50)33(5)46(34(6)49(61)67-42)68-44-27-52(9,63-14)47(55)35(7)66-44/h16-18,20,22,30-35,38,40,42,44-48,50,60,62H,15,19,21,23-29,55H2,1-14H3,(H2,54,56)/b57-36+/t30-,31+,32+,33-,34+,35-,38+,40-,42+,44-,45+,46-,47+,48+,50-,51+,52+,53-/m0/s1. The predicted octanol–water partition coefficient (Wildman–Crippen LogP) is 7.23. The van der Waals surface area contributed by atoms with E-state index in [9.17, 15) is 15.0 Å². The van der Waals surface area contributed by atoms with Crippen molar-refractivity contribution in [3.8, 4) is 10.6 Å². The third kappa shape index (κ3) is 12.9. The first-order valence-electron chi connectivity index (χ1n) is 25.8. The molecule has 0 radical (unpaired) electrons. The van der Waals surface area contributed by atoms with Crippen LogP contribution in [-0.2, 0) is 44.7 Å². The molecule has 0 spiro atoms. The Morgan fingerprint density at radius 3 is 2.43 bits per heavy atom. The predicted molar refractivity (Wildman–Crippen MR) is 274 cm³/mol. The van der Waals surface area contributed by atoms with Gasteiger partial charge in [-0.25, -0.2) is 4.98 Å². The number of ether oxygens (including phenoxy) is 6. The topological polar surface area (TPSA) is 206 Å². The van der Waals surface area contributed by atoms with Crippen molar-refractivity contribution in [2.75, 3.05) is 40.5 Å². The SMILES string of the molecule is CC[C@H]1OC(=O)[C@H](C)[C@@H](O[C@H]2C[C@@](C)(OC)[C@H](N)[C@H](C)O2)[C@H](C)[C@@H](O[C@@H]2O[C@H](C)C[C@H](N(C)C)[C@H]2O)[C@]2(C)CC/C(=N/OCc3ccc(-c4cccc(N)n4)s3)CC[C@H]([C@@H](C)CN(C)[C@H](C)C2)[C@]1(C)O. The zero-order valence-corrected chi connectivity index (χ0v) is 45.4. The van der Waals surface area contributed by atoms with E-state index in [-0.39, 0.29) is 36.6 Å². The number of carbonyl (C=O) groups is 1. The Bertz CT molecular complexity index is 2040. The molecule has 0 aliphatic carbocycles. The smallest absolute Gasteiger partial charge is 0.311 e. The molecule has 5 saturated heterocycles. The third-order valence-corrected chi connectivity index (χ3v) is 17.7. The summed E-state index contributed by atoms with van der Waals surface area (Å²) >= 11 is 1.58. The normalized spacial score (nSPS) is 41.5. The van der Waals surface area contributed by atoms with Crippen LogP contribution in [0.5, 0.6) is 0 Å². The Hall–Kier alpha value is -2.81. The molecule has 17 heteroatoms. The lowest BCUT2D eigenvalue weighted by Crippen LogP contribution is -2.61. The van der Waals surface area contributed by atoms with Crippen LogP contribution in [0.25, 0.3) is 10.6 Å². The van der Waals surface area contributed by atoms with Crippen molar-refractivity contribution in [1.82, 2.24) is 14.8 Å². The van der Waals surface area contributed by atoms with Crippen LogP contribution in [0.2, 0.25) is 0 Å². The van der Waals surface area contributed by atoms with Crippen molar-refractivity contribution < 1.29 is 48.3 Å². The maximum absolute atomic E-state index is 14.9. The van der Waals surface area contributed by atoms with Gasteiger partial charge in [0.05, 0.1) is 58.3 Å². The minimum atomic E-state index is -1.42. The third-order valence-electron chi connectivity index (χ3n) is 16.7. The van der Waals surface area contributed by atoms with Crippen molar-refractivity contribution in [3.63, 3.8) is 0 Å². The van der Waals surface area contributed by atoms with Crippen LogP contribution in [0, 0.1) is 29.1 Å². The van der Waals surface area contributed by atoms with Crippen LogP contribution in [0.4, 0.5) is 5.82 Å². The van der Waals surface area contributed by atoms with Crippen LogP contribution >= 0.6 is 11.3 Å². The fourth-order valence-corrected chi connectivity index (χ4v) is 13.0. The fraction of sp³-hybridized carbons (Fsp3) is 0.792. The second kappa shape index (κ2) is 23.6. The molecule has 0 aromatic carbocycles. The number of rotatable bonds is 11. The number of esters is 1. The van der Waals surface area contributed by atoms with Gasteiger partial charge < -0.3 is 64.7 Å². The number of aliphatic hydroxyl groups excluding tert-OH is 1. The van der Waals surface area contributed by atoms with Crippen LogP contribution in [0.1, 0.15) is 125 Å². The molecule has 0 amide bonds. The monoisotopic (exact) mass is 1000 g/mol. The summed E-state index contributed by atoms with van der Waals surface area (Å²) in [5, 5.41) is 29.9. The Labute approximate surface area is 422 Å². The minimum absolute atomic E-state index is 0.0139. The van der Waals surface area contributed by atoms with E-state index >= 15 is 0 Å². The molecule has 2 aromatic heterocycles. The highest BCUT2D eigenvalue weighted by atomic mass is 32.1. The van der Waals surface area contributed by atoms with Gasteiger partial charge in [-0.05, 0) is 149 Å². The molecule has 70 heavy (non-hydrogen) atoms. The summed E-state index contributed by atoms with van der Waals surface area (Å²) in [6.45, 7) is 21.2. The van der Waals surface area contributed by atoms with Gasteiger partial charge in [0.1, 0.15) is 23.6 Å². The maximum Gasteiger partial charge on any atom is 0.311 e. The van der Waals surface area contributed by atoms with E-state index in [2.05, 4.69) is 44.6 Å². The van der Waals surface area contributed by atoms with Crippen molar-refractivity contribution in [2.45, 2.75) is 206 Å². The van der Waals surface area contributed by atoms with Crippen molar-refractivity contribution in [2.24, 2.45) is 40.0 Å². The van der Waals surface area contributed by atoms with E-state index in [1.807, 2.05) is 84.8 Å². The highest BCUT2D eigenvalue weighted by Crippen LogP contribution is 2.47. The second-order valence-electron chi connectivity index (χ2n) is 22.4. The van der Waals surface area contributed by atoms with Crippen molar-refractivity contribution >= 4 is 28.8 Å². The number of likely N-dealkylation sites (N-methyl/N-ethyl adjacent to an activating group) is 1. The number of nitrogens with zero attached hydrogens (tertiary/aromatic N) is 4. The molecule has 2 aromatic rings.